The minimum Gasteiger partial charge on any atom is -0.368 e. The molecule has 0 saturated carbocycles. The molecule has 0 radical (unpaired) electrons. The summed E-state index contributed by atoms with van der Waals surface area (Å²) < 4.78 is 0. The zero-order valence-electron chi connectivity index (χ0n) is 10.6. The van der Waals surface area contributed by atoms with Crippen molar-refractivity contribution in [3.8, 4) is 0 Å². The molecule has 0 atom stereocenters. The summed E-state index contributed by atoms with van der Waals surface area (Å²) in [5, 5.41) is 0. The van der Waals surface area contributed by atoms with Crippen molar-refractivity contribution in [2.24, 2.45) is 5.73 Å². The number of hydrogen-bond donors (Lipinski definition) is 1. The molecule has 1 aromatic rings. The molecule has 0 aliphatic carbocycles. The number of urea groups is 1. The fourth-order valence-corrected chi connectivity index (χ4v) is 1.82. The van der Waals surface area contributed by atoms with E-state index in [1.165, 1.54) is 5.69 Å². The topological polar surface area (TPSA) is 49.6 Å². The number of para-hydroxylation sites is 1. The summed E-state index contributed by atoms with van der Waals surface area (Å²) in [6.07, 6.45) is 0. The predicted octanol–water partition coefficient (Wildman–Crippen LogP) is 1.91. The molecule has 1 fully saturated rings. The predicted molar refractivity (Wildman–Crippen MR) is 71.2 cm³/mol. The van der Waals surface area contributed by atoms with E-state index in [9.17, 15) is 4.79 Å². The monoisotopic (exact) mass is 235 g/mol. The first kappa shape index (κ1) is 13.4. The van der Waals surface area contributed by atoms with Crippen LogP contribution in [-0.4, -0.2) is 37.1 Å². The molecule has 0 spiro atoms. The Kier molecular flexibility index (Phi) is 5.33. The van der Waals surface area contributed by atoms with Crippen molar-refractivity contribution < 1.29 is 4.79 Å². The lowest BCUT2D eigenvalue weighted by atomic mass is 10.2. The van der Waals surface area contributed by atoms with Crippen LogP contribution in [-0.2, 0) is 0 Å². The Hall–Kier alpha value is -1.71. The van der Waals surface area contributed by atoms with Crippen molar-refractivity contribution in [2.45, 2.75) is 13.8 Å². The maximum Gasteiger partial charge on any atom is 0.314 e. The van der Waals surface area contributed by atoms with E-state index in [0.717, 1.165) is 13.1 Å². The molecule has 2 amide bonds. The van der Waals surface area contributed by atoms with Gasteiger partial charge in [0, 0.05) is 31.9 Å². The Balaban J connectivity index is 0.000000686. The average molecular weight is 235 g/mol. The van der Waals surface area contributed by atoms with Gasteiger partial charge in [-0.1, -0.05) is 32.0 Å². The minimum atomic E-state index is -0.317. The van der Waals surface area contributed by atoms with Crippen LogP contribution in [0, 0.1) is 0 Å². The van der Waals surface area contributed by atoms with Gasteiger partial charge >= 0.3 is 6.03 Å². The highest BCUT2D eigenvalue weighted by molar-refractivity contribution is 5.72. The van der Waals surface area contributed by atoms with Crippen LogP contribution in [0.5, 0.6) is 0 Å². The Morgan fingerprint density at radius 3 is 2.06 bits per heavy atom. The first-order valence-electron chi connectivity index (χ1n) is 6.12. The van der Waals surface area contributed by atoms with Crippen LogP contribution in [0.1, 0.15) is 13.8 Å². The molecule has 1 aliphatic rings. The van der Waals surface area contributed by atoms with Gasteiger partial charge in [-0.05, 0) is 12.1 Å². The summed E-state index contributed by atoms with van der Waals surface area (Å²) in [6, 6.07) is 9.90. The van der Waals surface area contributed by atoms with Gasteiger partial charge in [0.2, 0.25) is 0 Å². The summed E-state index contributed by atoms with van der Waals surface area (Å²) in [7, 11) is 0. The summed E-state index contributed by atoms with van der Waals surface area (Å²) >= 11 is 0. The third-order valence-corrected chi connectivity index (χ3v) is 2.71. The molecule has 94 valence electrons. The summed E-state index contributed by atoms with van der Waals surface area (Å²) in [4.78, 5) is 14.9. The molecule has 2 N–H and O–H groups in total. The van der Waals surface area contributed by atoms with Gasteiger partial charge in [0.1, 0.15) is 0 Å². The van der Waals surface area contributed by atoms with E-state index in [1.807, 2.05) is 32.0 Å². The molecule has 2 rings (SSSR count). The van der Waals surface area contributed by atoms with E-state index in [0.29, 0.717) is 13.1 Å². The van der Waals surface area contributed by atoms with Crippen LogP contribution in [0.2, 0.25) is 0 Å². The van der Waals surface area contributed by atoms with E-state index < -0.39 is 0 Å². The van der Waals surface area contributed by atoms with Crippen LogP contribution < -0.4 is 10.6 Å². The largest absolute Gasteiger partial charge is 0.368 e. The number of carbonyl (C=O) groups is 1. The standard InChI is InChI=1S/C11H15N3O.C2H6/c12-11(15)14-8-6-13(7-9-14)10-4-2-1-3-5-10;1-2/h1-5H,6-9H2,(H2,12,15);1-2H3. The maximum atomic E-state index is 10.9. The molecule has 4 nitrogen and oxygen atoms in total. The number of anilines is 1. The first-order valence-corrected chi connectivity index (χ1v) is 6.12. The molecule has 0 unspecified atom stereocenters. The van der Waals surface area contributed by atoms with Crippen LogP contribution in [0.4, 0.5) is 10.5 Å². The third kappa shape index (κ3) is 3.66. The van der Waals surface area contributed by atoms with E-state index >= 15 is 0 Å². The minimum absolute atomic E-state index is 0.317. The number of carbonyl (C=O) groups excluding carboxylic acids is 1. The average Bonchev–Trinajstić information content (AvgIpc) is 2.42. The van der Waals surface area contributed by atoms with E-state index in [-0.39, 0.29) is 6.03 Å². The molecule has 17 heavy (non-hydrogen) atoms. The summed E-state index contributed by atoms with van der Waals surface area (Å²) in [5.74, 6) is 0. The molecule has 1 saturated heterocycles. The lowest BCUT2D eigenvalue weighted by Gasteiger charge is -2.35. The number of amides is 2. The molecule has 4 heteroatoms. The Morgan fingerprint density at radius 1 is 1.06 bits per heavy atom. The quantitative estimate of drug-likeness (QED) is 0.808. The molecular formula is C13H21N3O. The second-order valence-electron chi connectivity index (χ2n) is 3.65. The lowest BCUT2D eigenvalue weighted by molar-refractivity contribution is 0.204. The molecule has 0 aromatic heterocycles. The second-order valence-corrected chi connectivity index (χ2v) is 3.65. The van der Waals surface area contributed by atoms with Crippen molar-refractivity contribution >= 4 is 11.7 Å². The van der Waals surface area contributed by atoms with Crippen molar-refractivity contribution in [1.82, 2.24) is 4.90 Å². The van der Waals surface area contributed by atoms with Crippen LogP contribution >= 0.6 is 0 Å². The fourth-order valence-electron chi connectivity index (χ4n) is 1.82. The number of primary amides is 1. The second kappa shape index (κ2) is 6.78. The molecule has 1 heterocycles. The number of benzene rings is 1. The molecule has 1 aliphatic heterocycles. The van der Waals surface area contributed by atoms with Crippen LogP contribution in [0.25, 0.3) is 0 Å². The number of nitrogens with zero attached hydrogens (tertiary/aromatic N) is 2. The SMILES string of the molecule is CC.NC(=O)N1CCN(c2ccccc2)CC1. The van der Waals surface area contributed by atoms with Crippen molar-refractivity contribution in [3.05, 3.63) is 30.3 Å². The van der Waals surface area contributed by atoms with Crippen molar-refractivity contribution in [1.29, 1.82) is 0 Å². The van der Waals surface area contributed by atoms with Crippen LogP contribution in [0.15, 0.2) is 30.3 Å². The smallest absolute Gasteiger partial charge is 0.314 e. The number of hydrogen-bond acceptors (Lipinski definition) is 2. The highest BCUT2D eigenvalue weighted by atomic mass is 16.2. The highest BCUT2D eigenvalue weighted by Gasteiger charge is 2.18. The summed E-state index contributed by atoms with van der Waals surface area (Å²) in [5.41, 5.74) is 6.43. The van der Waals surface area contributed by atoms with Crippen molar-refractivity contribution in [3.63, 3.8) is 0 Å². The summed E-state index contributed by atoms with van der Waals surface area (Å²) in [6.45, 7) is 7.13. The normalized spacial score (nSPS) is 14.9. The van der Waals surface area contributed by atoms with Gasteiger partial charge < -0.3 is 15.5 Å². The number of piperazine rings is 1. The Morgan fingerprint density at radius 2 is 1.59 bits per heavy atom. The number of rotatable bonds is 1. The number of nitrogens with two attached hydrogens (primary N) is 1. The van der Waals surface area contributed by atoms with Gasteiger partial charge in [-0.3, -0.25) is 0 Å². The van der Waals surface area contributed by atoms with Gasteiger partial charge in [0.15, 0.2) is 0 Å². The molecular weight excluding hydrogens is 214 g/mol. The van der Waals surface area contributed by atoms with Gasteiger partial charge in [0.25, 0.3) is 0 Å². The van der Waals surface area contributed by atoms with Crippen LogP contribution in [0.3, 0.4) is 0 Å². The van der Waals surface area contributed by atoms with E-state index in [1.54, 1.807) is 4.90 Å². The van der Waals surface area contributed by atoms with Crippen molar-refractivity contribution in [2.75, 3.05) is 31.1 Å². The zero-order valence-corrected chi connectivity index (χ0v) is 10.6. The zero-order chi connectivity index (χ0) is 12.7. The Labute approximate surface area is 103 Å². The molecule has 1 aromatic carbocycles. The van der Waals surface area contributed by atoms with Gasteiger partial charge in [-0.2, -0.15) is 0 Å². The van der Waals surface area contributed by atoms with Gasteiger partial charge in [-0.15, -0.1) is 0 Å². The fraction of sp³-hybridized carbons (Fsp3) is 0.462. The third-order valence-electron chi connectivity index (χ3n) is 2.71. The Bertz CT molecular complexity index is 332. The first-order chi connectivity index (χ1) is 8.27. The maximum absolute atomic E-state index is 10.9. The van der Waals surface area contributed by atoms with Gasteiger partial charge in [0.05, 0.1) is 0 Å². The lowest BCUT2D eigenvalue weighted by Crippen LogP contribution is -2.50. The highest BCUT2D eigenvalue weighted by Crippen LogP contribution is 2.15. The van der Waals surface area contributed by atoms with E-state index in [2.05, 4.69) is 17.0 Å². The van der Waals surface area contributed by atoms with Gasteiger partial charge in [-0.25, -0.2) is 4.79 Å². The van der Waals surface area contributed by atoms with E-state index in [4.69, 9.17) is 5.73 Å². The molecule has 0 bridgehead atoms.